The number of nitrogens with one attached hydrogen (secondary N) is 1. The largest absolute Gasteiger partial charge is 0.350 e. The summed E-state index contributed by atoms with van der Waals surface area (Å²) in [5, 5.41) is 3.19. The SMILES string of the molecule is CC(C)C1C(=O)NC(C(C)C)C(C)(C)N1C. The molecule has 1 amide bonds. The van der Waals surface area contributed by atoms with Gasteiger partial charge in [0.2, 0.25) is 5.91 Å². The lowest BCUT2D eigenvalue weighted by molar-refractivity contribution is -0.140. The molecular weight excluding hydrogens is 200 g/mol. The average molecular weight is 226 g/mol. The first-order chi connectivity index (χ1) is 7.19. The Balaban J connectivity index is 3.01. The predicted octanol–water partition coefficient (Wildman–Crippen LogP) is 1.88. The van der Waals surface area contributed by atoms with Crippen LogP contribution in [-0.4, -0.2) is 35.5 Å². The summed E-state index contributed by atoms with van der Waals surface area (Å²) in [6.45, 7) is 13.0. The van der Waals surface area contributed by atoms with Gasteiger partial charge in [0.25, 0.3) is 0 Å². The van der Waals surface area contributed by atoms with Gasteiger partial charge in [0, 0.05) is 11.6 Å². The van der Waals surface area contributed by atoms with Gasteiger partial charge in [0.1, 0.15) is 0 Å². The van der Waals surface area contributed by atoms with Crippen LogP contribution in [0.3, 0.4) is 0 Å². The van der Waals surface area contributed by atoms with Gasteiger partial charge in [-0.1, -0.05) is 27.7 Å². The van der Waals surface area contributed by atoms with Gasteiger partial charge in [0.05, 0.1) is 6.04 Å². The van der Waals surface area contributed by atoms with Crippen LogP contribution < -0.4 is 5.32 Å². The predicted molar refractivity (Wildman–Crippen MR) is 67.2 cm³/mol. The molecule has 94 valence electrons. The summed E-state index contributed by atoms with van der Waals surface area (Å²) in [6.07, 6.45) is 0. The van der Waals surface area contributed by atoms with E-state index in [2.05, 4.69) is 58.8 Å². The smallest absolute Gasteiger partial charge is 0.237 e. The highest BCUT2D eigenvalue weighted by Crippen LogP contribution is 2.31. The van der Waals surface area contributed by atoms with E-state index in [9.17, 15) is 4.79 Å². The topological polar surface area (TPSA) is 32.3 Å². The monoisotopic (exact) mass is 226 g/mol. The fourth-order valence-corrected chi connectivity index (χ4v) is 2.90. The highest BCUT2D eigenvalue weighted by Gasteiger charge is 2.47. The first kappa shape index (κ1) is 13.5. The second-order valence-corrected chi connectivity index (χ2v) is 6.18. The maximum atomic E-state index is 12.1. The molecule has 1 aliphatic heterocycles. The molecule has 0 spiro atoms. The van der Waals surface area contributed by atoms with Gasteiger partial charge in [-0.15, -0.1) is 0 Å². The zero-order chi connectivity index (χ0) is 12.7. The van der Waals surface area contributed by atoms with Gasteiger partial charge in [-0.05, 0) is 32.7 Å². The van der Waals surface area contributed by atoms with E-state index >= 15 is 0 Å². The van der Waals surface area contributed by atoms with Gasteiger partial charge in [-0.25, -0.2) is 0 Å². The van der Waals surface area contributed by atoms with Crippen LogP contribution in [0.5, 0.6) is 0 Å². The number of nitrogens with zero attached hydrogens (tertiary/aromatic N) is 1. The summed E-state index contributed by atoms with van der Waals surface area (Å²) >= 11 is 0. The summed E-state index contributed by atoms with van der Waals surface area (Å²) in [7, 11) is 2.07. The molecule has 1 aliphatic rings. The van der Waals surface area contributed by atoms with Crippen molar-refractivity contribution in [2.24, 2.45) is 11.8 Å². The summed E-state index contributed by atoms with van der Waals surface area (Å²) < 4.78 is 0. The number of carbonyl (C=O) groups is 1. The molecule has 1 N–H and O–H groups in total. The van der Waals surface area contributed by atoms with E-state index in [1.807, 2.05) is 0 Å². The minimum absolute atomic E-state index is 0.00926. The van der Waals surface area contributed by atoms with Gasteiger partial charge in [-0.3, -0.25) is 9.69 Å². The van der Waals surface area contributed by atoms with E-state index in [0.717, 1.165) is 0 Å². The Kier molecular flexibility index (Phi) is 3.68. The first-order valence-electron chi connectivity index (χ1n) is 6.23. The van der Waals surface area contributed by atoms with Crippen molar-refractivity contribution in [2.75, 3.05) is 7.05 Å². The van der Waals surface area contributed by atoms with Crippen LogP contribution >= 0.6 is 0 Å². The van der Waals surface area contributed by atoms with Crippen molar-refractivity contribution < 1.29 is 4.79 Å². The highest BCUT2D eigenvalue weighted by molar-refractivity contribution is 5.83. The highest BCUT2D eigenvalue weighted by atomic mass is 16.2. The second kappa shape index (κ2) is 4.36. The van der Waals surface area contributed by atoms with E-state index in [1.54, 1.807) is 0 Å². The van der Waals surface area contributed by atoms with Crippen LogP contribution in [0, 0.1) is 11.8 Å². The van der Waals surface area contributed by atoms with E-state index in [4.69, 9.17) is 0 Å². The van der Waals surface area contributed by atoms with Gasteiger partial charge in [0.15, 0.2) is 0 Å². The fraction of sp³-hybridized carbons (Fsp3) is 0.923. The molecule has 0 aromatic rings. The third kappa shape index (κ3) is 2.10. The molecule has 1 heterocycles. The summed E-state index contributed by atoms with van der Waals surface area (Å²) in [4.78, 5) is 14.3. The molecule has 3 heteroatoms. The van der Waals surface area contributed by atoms with Crippen LogP contribution in [0.2, 0.25) is 0 Å². The number of hydrogen-bond donors (Lipinski definition) is 1. The van der Waals surface area contributed by atoms with E-state index in [-0.39, 0.29) is 23.5 Å². The summed E-state index contributed by atoms with van der Waals surface area (Å²) in [5.74, 6) is 0.974. The Morgan fingerprint density at radius 1 is 1.19 bits per heavy atom. The third-order valence-corrected chi connectivity index (χ3v) is 3.95. The van der Waals surface area contributed by atoms with Gasteiger partial charge in [-0.2, -0.15) is 0 Å². The maximum absolute atomic E-state index is 12.1. The minimum atomic E-state index is -0.00926. The molecule has 2 unspecified atom stereocenters. The maximum Gasteiger partial charge on any atom is 0.237 e. The van der Waals surface area contributed by atoms with Crippen LogP contribution in [0.4, 0.5) is 0 Å². The van der Waals surface area contributed by atoms with Gasteiger partial charge < -0.3 is 5.32 Å². The zero-order valence-corrected chi connectivity index (χ0v) is 11.7. The van der Waals surface area contributed by atoms with Crippen molar-refractivity contribution >= 4 is 5.91 Å². The quantitative estimate of drug-likeness (QED) is 0.779. The Labute approximate surface area is 99.6 Å². The van der Waals surface area contributed by atoms with Crippen LogP contribution in [0.25, 0.3) is 0 Å². The molecule has 16 heavy (non-hydrogen) atoms. The lowest BCUT2D eigenvalue weighted by atomic mass is 9.79. The number of amides is 1. The number of hydrogen-bond acceptors (Lipinski definition) is 2. The molecular formula is C13H26N2O. The van der Waals surface area contributed by atoms with Crippen molar-refractivity contribution in [3.8, 4) is 0 Å². The number of piperazine rings is 1. The lowest BCUT2D eigenvalue weighted by Crippen LogP contribution is -2.71. The molecule has 0 saturated carbocycles. The van der Waals surface area contributed by atoms with Crippen LogP contribution in [0.1, 0.15) is 41.5 Å². The normalized spacial score (nSPS) is 30.9. The molecule has 1 saturated heterocycles. The molecule has 1 fully saturated rings. The second-order valence-electron chi connectivity index (χ2n) is 6.18. The Morgan fingerprint density at radius 3 is 2.06 bits per heavy atom. The zero-order valence-electron chi connectivity index (χ0n) is 11.7. The van der Waals surface area contributed by atoms with Crippen LogP contribution in [-0.2, 0) is 4.79 Å². The minimum Gasteiger partial charge on any atom is -0.350 e. The first-order valence-corrected chi connectivity index (χ1v) is 6.23. The van der Waals surface area contributed by atoms with Crippen molar-refractivity contribution in [2.45, 2.75) is 59.2 Å². The number of likely N-dealkylation sites (N-methyl/N-ethyl adjacent to an activating group) is 1. The lowest BCUT2D eigenvalue weighted by Gasteiger charge is -2.52. The summed E-state index contributed by atoms with van der Waals surface area (Å²) in [6, 6.07) is 0.213. The van der Waals surface area contributed by atoms with Crippen LogP contribution in [0.15, 0.2) is 0 Å². The summed E-state index contributed by atoms with van der Waals surface area (Å²) in [5.41, 5.74) is 0.0109. The molecule has 0 aromatic heterocycles. The Hall–Kier alpha value is -0.570. The Morgan fingerprint density at radius 2 is 1.69 bits per heavy atom. The van der Waals surface area contributed by atoms with Crippen molar-refractivity contribution in [3.05, 3.63) is 0 Å². The van der Waals surface area contributed by atoms with E-state index in [0.29, 0.717) is 11.8 Å². The van der Waals surface area contributed by atoms with E-state index < -0.39 is 0 Å². The molecule has 2 atom stereocenters. The third-order valence-electron chi connectivity index (χ3n) is 3.95. The number of rotatable bonds is 2. The van der Waals surface area contributed by atoms with E-state index in [1.165, 1.54) is 0 Å². The Bertz CT molecular complexity index is 271. The molecule has 3 nitrogen and oxygen atoms in total. The van der Waals surface area contributed by atoms with Crippen molar-refractivity contribution in [1.82, 2.24) is 10.2 Å². The number of carbonyl (C=O) groups excluding carboxylic acids is 1. The standard InChI is InChI=1S/C13H26N2O/c1-8(2)10-12(16)14-11(9(3)4)13(5,6)15(10)7/h8-11H,1-7H3,(H,14,16). The van der Waals surface area contributed by atoms with Gasteiger partial charge >= 0.3 is 0 Å². The molecule has 0 bridgehead atoms. The fourth-order valence-electron chi connectivity index (χ4n) is 2.90. The van der Waals surface area contributed by atoms with Crippen molar-refractivity contribution in [3.63, 3.8) is 0 Å². The average Bonchev–Trinajstić information content (AvgIpc) is 2.11. The molecule has 1 rings (SSSR count). The molecule has 0 aromatic carbocycles. The molecule has 0 aliphatic carbocycles. The molecule has 0 radical (unpaired) electrons. The van der Waals surface area contributed by atoms with Crippen molar-refractivity contribution in [1.29, 1.82) is 0 Å².